The molecule has 0 aliphatic carbocycles. The molecule has 0 unspecified atom stereocenters. The number of likely N-dealkylation sites (N-methyl/N-ethyl adjacent to an activating group) is 1. The molecule has 0 aliphatic rings. The average Bonchev–Trinajstić information content (AvgIpc) is 3.10. The standard InChI is InChI=1S/C17H23N5OS.HI/c1-22(2)16(23)13-21-17(19-10-8-15-7-5-11-24-15)20-12-14-6-3-4-9-18-14;/h3-7,9,11H,8,10,12-13H2,1-2H3,(H2,19,20,21);1H. The van der Waals surface area contributed by atoms with Crippen molar-refractivity contribution in [2.75, 3.05) is 27.2 Å². The number of aromatic nitrogens is 1. The second-order valence-corrected chi connectivity index (χ2v) is 6.42. The van der Waals surface area contributed by atoms with Crippen molar-refractivity contribution in [2.24, 2.45) is 4.99 Å². The molecule has 0 atom stereocenters. The number of hydrogen-bond acceptors (Lipinski definition) is 4. The first kappa shape index (κ1) is 21.4. The Bertz CT molecular complexity index is 646. The summed E-state index contributed by atoms with van der Waals surface area (Å²) in [4.78, 5) is 23.4. The number of carbonyl (C=O) groups excluding carboxylic acids is 1. The number of guanidine groups is 1. The third-order valence-electron chi connectivity index (χ3n) is 3.28. The fourth-order valence-electron chi connectivity index (χ4n) is 1.90. The van der Waals surface area contributed by atoms with Crippen LogP contribution in [0.3, 0.4) is 0 Å². The Morgan fingerprint density at radius 3 is 2.72 bits per heavy atom. The van der Waals surface area contributed by atoms with Crippen molar-refractivity contribution >= 4 is 47.2 Å². The number of rotatable bonds is 7. The van der Waals surface area contributed by atoms with Gasteiger partial charge >= 0.3 is 0 Å². The number of nitrogens with one attached hydrogen (secondary N) is 2. The van der Waals surface area contributed by atoms with E-state index < -0.39 is 0 Å². The molecule has 25 heavy (non-hydrogen) atoms. The van der Waals surface area contributed by atoms with Crippen molar-refractivity contribution in [1.29, 1.82) is 0 Å². The van der Waals surface area contributed by atoms with Crippen LogP contribution < -0.4 is 10.6 Å². The lowest BCUT2D eigenvalue weighted by Crippen LogP contribution is -2.43. The van der Waals surface area contributed by atoms with Gasteiger partial charge in [-0.05, 0) is 30.0 Å². The molecule has 0 fully saturated rings. The summed E-state index contributed by atoms with van der Waals surface area (Å²) in [5, 5.41) is 8.41. The minimum absolute atomic E-state index is 0. The summed E-state index contributed by atoms with van der Waals surface area (Å²) in [6.45, 7) is 1.43. The molecule has 2 N–H and O–H groups in total. The molecule has 0 radical (unpaired) electrons. The fourth-order valence-corrected chi connectivity index (χ4v) is 2.61. The van der Waals surface area contributed by atoms with Gasteiger partial charge in [0.05, 0.1) is 18.8 Å². The third-order valence-corrected chi connectivity index (χ3v) is 4.21. The molecule has 2 aromatic rings. The van der Waals surface area contributed by atoms with Gasteiger partial charge in [-0.25, -0.2) is 4.99 Å². The highest BCUT2D eigenvalue weighted by Gasteiger charge is 2.06. The highest BCUT2D eigenvalue weighted by molar-refractivity contribution is 14.0. The summed E-state index contributed by atoms with van der Waals surface area (Å²) in [6.07, 6.45) is 2.67. The molecule has 0 spiro atoms. The second kappa shape index (κ2) is 11.8. The van der Waals surface area contributed by atoms with E-state index >= 15 is 0 Å². The zero-order valence-electron chi connectivity index (χ0n) is 14.4. The SMILES string of the molecule is CN(C)C(=O)CNC(=NCc1ccccn1)NCCc1cccs1.I. The van der Waals surface area contributed by atoms with Crippen LogP contribution in [0.2, 0.25) is 0 Å². The van der Waals surface area contributed by atoms with Crippen LogP contribution in [0.4, 0.5) is 0 Å². The Labute approximate surface area is 169 Å². The Morgan fingerprint density at radius 1 is 1.24 bits per heavy atom. The van der Waals surface area contributed by atoms with Crippen molar-refractivity contribution < 1.29 is 4.79 Å². The van der Waals surface area contributed by atoms with Gasteiger partial charge in [0.2, 0.25) is 5.91 Å². The van der Waals surface area contributed by atoms with E-state index in [1.807, 2.05) is 24.3 Å². The van der Waals surface area contributed by atoms with Crippen LogP contribution in [0.1, 0.15) is 10.6 Å². The number of aliphatic imine (C=N–C) groups is 1. The van der Waals surface area contributed by atoms with Crippen molar-refractivity contribution in [3.8, 4) is 0 Å². The largest absolute Gasteiger partial charge is 0.356 e. The summed E-state index contributed by atoms with van der Waals surface area (Å²) in [6, 6.07) is 9.90. The van der Waals surface area contributed by atoms with E-state index in [-0.39, 0.29) is 36.4 Å². The van der Waals surface area contributed by atoms with Gasteiger partial charge in [-0.1, -0.05) is 12.1 Å². The Kier molecular flexibility index (Phi) is 10.1. The molecule has 0 saturated heterocycles. The summed E-state index contributed by atoms with van der Waals surface area (Å²) in [5.74, 6) is 0.619. The summed E-state index contributed by atoms with van der Waals surface area (Å²) in [7, 11) is 3.47. The highest BCUT2D eigenvalue weighted by atomic mass is 127. The van der Waals surface area contributed by atoms with Gasteiger partial charge < -0.3 is 15.5 Å². The van der Waals surface area contributed by atoms with Gasteiger partial charge in [-0.2, -0.15) is 0 Å². The Balaban J connectivity index is 0.00000312. The zero-order chi connectivity index (χ0) is 17.2. The van der Waals surface area contributed by atoms with Gasteiger partial charge in [0, 0.05) is 31.7 Å². The topological polar surface area (TPSA) is 69.6 Å². The maximum absolute atomic E-state index is 11.8. The molecule has 8 heteroatoms. The molecule has 0 aliphatic heterocycles. The number of halogens is 1. The van der Waals surface area contributed by atoms with Gasteiger partial charge in [-0.3, -0.25) is 9.78 Å². The van der Waals surface area contributed by atoms with Crippen LogP contribution in [0.15, 0.2) is 46.9 Å². The minimum atomic E-state index is 0. The molecule has 0 bridgehead atoms. The van der Waals surface area contributed by atoms with E-state index in [4.69, 9.17) is 0 Å². The Morgan fingerprint density at radius 2 is 2.08 bits per heavy atom. The first-order valence-corrected chi connectivity index (χ1v) is 8.68. The molecule has 0 aromatic carbocycles. The summed E-state index contributed by atoms with van der Waals surface area (Å²) in [5.41, 5.74) is 0.885. The predicted molar refractivity (Wildman–Crippen MR) is 114 cm³/mol. The first-order valence-electron chi connectivity index (χ1n) is 7.80. The van der Waals surface area contributed by atoms with Gasteiger partial charge in [0.25, 0.3) is 0 Å². The quantitative estimate of drug-likeness (QED) is 0.367. The first-order chi connectivity index (χ1) is 11.6. The number of pyridine rings is 1. The van der Waals surface area contributed by atoms with Crippen LogP contribution >= 0.6 is 35.3 Å². The van der Waals surface area contributed by atoms with Crippen LogP contribution in [0, 0.1) is 0 Å². The van der Waals surface area contributed by atoms with Crippen molar-refractivity contribution in [1.82, 2.24) is 20.5 Å². The van der Waals surface area contributed by atoms with E-state index in [1.54, 1.807) is 36.5 Å². The lowest BCUT2D eigenvalue weighted by molar-refractivity contribution is -0.127. The van der Waals surface area contributed by atoms with Crippen LogP contribution in [-0.4, -0.2) is 48.9 Å². The van der Waals surface area contributed by atoms with E-state index in [2.05, 4.69) is 32.1 Å². The number of nitrogens with zero attached hydrogens (tertiary/aromatic N) is 3. The lowest BCUT2D eigenvalue weighted by Gasteiger charge is -2.14. The maximum Gasteiger partial charge on any atom is 0.241 e. The van der Waals surface area contributed by atoms with E-state index in [9.17, 15) is 4.79 Å². The summed E-state index contributed by atoms with van der Waals surface area (Å²) >= 11 is 1.74. The van der Waals surface area contributed by atoms with E-state index in [1.165, 1.54) is 4.88 Å². The smallest absolute Gasteiger partial charge is 0.241 e. The van der Waals surface area contributed by atoms with E-state index in [0.29, 0.717) is 12.5 Å². The zero-order valence-corrected chi connectivity index (χ0v) is 17.6. The average molecular weight is 473 g/mol. The van der Waals surface area contributed by atoms with Crippen molar-refractivity contribution in [2.45, 2.75) is 13.0 Å². The van der Waals surface area contributed by atoms with Gasteiger partial charge in [-0.15, -0.1) is 35.3 Å². The molecule has 2 heterocycles. The molecule has 136 valence electrons. The van der Waals surface area contributed by atoms with E-state index in [0.717, 1.165) is 18.7 Å². The van der Waals surface area contributed by atoms with Gasteiger partial charge in [0.1, 0.15) is 0 Å². The molecule has 0 saturated carbocycles. The molecule has 1 amide bonds. The molecule has 2 aromatic heterocycles. The molecule has 6 nitrogen and oxygen atoms in total. The number of amides is 1. The van der Waals surface area contributed by atoms with Gasteiger partial charge in [0.15, 0.2) is 5.96 Å². The number of carbonyl (C=O) groups is 1. The van der Waals surface area contributed by atoms with Crippen LogP contribution in [0.25, 0.3) is 0 Å². The normalized spacial score (nSPS) is 10.7. The third kappa shape index (κ3) is 8.30. The van der Waals surface area contributed by atoms with Crippen LogP contribution in [0.5, 0.6) is 0 Å². The summed E-state index contributed by atoms with van der Waals surface area (Å²) < 4.78 is 0. The number of thiophene rings is 1. The molecular formula is C17H24IN5OS. The maximum atomic E-state index is 11.8. The van der Waals surface area contributed by atoms with Crippen molar-refractivity contribution in [3.05, 3.63) is 52.5 Å². The van der Waals surface area contributed by atoms with Crippen LogP contribution in [-0.2, 0) is 17.8 Å². The lowest BCUT2D eigenvalue weighted by atomic mass is 10.3. The fraction of sp³-hybridized carbons (Fsp3) is 0.353. The second-order valence-electron chi connectivity index (χ2n) is 5.38. The molecule has 2 rings (SSSR count). The monoisotopic (exact) mass is 473 g/mol. The highest BCUT2D eigenvalue weighted by Crippen LogP contribution is 2.08. The Hall–Kier alpha value is -1.68. The molecular weight excluding hydrogens is 449 g/mol. The minimum Gasteiger partial charge on any atom is -0.356 e. The predicted octanol–water partition coefficient (Wildman–Crippen LogP) is 2.13. The van der Waals surface area contributed by atoms with Crippen molar-refractivity contribution in [3.63, 3.8) is 0 Å². The number of hydrogen-bond donors (Lipinski definition) is 2.